The number of hydrogen-bond acceptors (Lipinski definition) is 3. The Kier molecular flexibility index (Phi) is 3.71. The Hall–Kier alpha value is -0.410. The molecule has 1 heterocycles. The second-order valence-corrected chi connectivity index (χ2v) is 9.97. The van der Waals surface area contributed by atoms with Crippen molar-refractivity contribution in [1.82, 2.24) is 0 Å². The Morgan fingerprint density at radius 3 is 2.56 bits per heavy atom. The topological polar surface area (TPSA) is 35.5 Å². The molecule has 25 heavy (non-hydrogen) atoms. The van der Waals surface area contributed by atoms with Gasteiger partial charge in [0, 0.05) is 24.7 Å². The molecule has 5 fully saturated rings. The molecule has 6 atom stereocenters. The average molecular weight is 347 g/mol. The summed E-state index contributed by atoms with van der Waals surface area (Å²) in [5.74, 6) is 3.37. The Morgan fingerprint density at radius 1 is 1.00 bits per heavy atom. The number of rotatable bonds is 1. The van der Waals surface area contributed by atoms with Crippen LogP contribution in [0.1, 0.15) is 78.1 Å². The minimum atomic E-state index is -0.247. The molecule has 1 spiro atoms. The molecule has 0 bridgehead atoms. The molecule has 3 heteroatoms. The zero-order valence-corrected chi connectivity index (χ0v) is 16.0. The van der Waals surface area contributed by atoms with Crippen molar-refractivity contribution in [3.05, 3.63) is 0 Å². The summed E-state index contributed by atoms with van der Waals surface area (Å²) in [7, 11) is 0. The first kappa shape index (κ1) is 16.7. The van der Waals surface area contributed by atoms with E-state index in [1.54, 1.807) is 0 Å². The maximum Gasteiger partial charge on any atom is 0.168 e. The molecule has 140 valence electrons. The van der Waals surface area contributed by atoms with Crippen LogP contribution >= 0.6 is 0 Å². The molecule has 4 saturated carbocycles. The van der Waals surface area contributed by atoms with Crippen molar-refractivity contribution in [1.29, 1.82) is 0 Å². The second kappa shape index (κ2) is 5.55. The maximum absolute atomic E-state index is 12.6. The first-order chi connectivity index (χ1) is 12.0. The summed E-state index contributed by atoms with van der Waals surface area (Å²) in [6.07, 6.45) is 11.9. The van der Waals surface area contributed by atoms with E-state index in [0.29, 0.717) is 17.1 Å². The predicted octanol–water partition coefficient (Wildman–Crippen LogP) is 4.73. The molecule has 3 nitrogen and oxygen atoms in total. The van der Waals surface area contributed by atoms with E-state index < -0.39 is 0 Å². The van der Waals surface area contributed by atoms with Crippen LogP contribution in [0.3, 0.4) is 0 Å². The standard InChI is InChI=1S/C22H34O3/c1-3-21-10-11-22(24-12-13-25-22)14-15(21)4-5-16-17-6-7-19(23)20(17,2)9-8-18(16)21/h15-18H,3-14H2,1-2H3/t15-,16-,17-,18-,20-,21-/m0/s1. The highest BCUT2D eigenvalue weighted by Gasteiger charge is 2.62. The third-order valence-electron chi connectivity index (χ3n) is 9.55. The van der Waals surface area contributed by atoms with Gasteiger partial charge in [-0.15, -0.1) is 0 Å². The Labute approximate surface area is 152 Å². The summed E-state index contributed by atoms with van der Waals surface area (Å²) in [5.41, 5.74) is 0.493. The van der Waals surface area contributed by atoms with Gasteiger partial charge in [0.05, 0.1) is 13.2 Å². The quantitative estimate of drug-likeness (QED) is 0.688. The van der Waals surface area contributed by atoms with Gasteiger partial charge in [-0.2, -0.15) is 0 Å². The van der Waals surface area contributed by atoms with Gasteiger partial charge in [-0.3, -0.25) is 4.79 Å². The minimum absolute atomic E-state index is 0.0104. The first-order valence-corrected chi connectivity index (χ1v) is 10.8. The molecule has 0 aromatic rings. The molecule has 0 radical (unpaired) electrons. The zero-order chi connectivity index (χ0) is 17.3. The Bertz CT molecular complexity index is 566. The van der Waals surface area contributed by atoms with E-state index in [1.807, 2.05) is 0 Å². The van der Waals surface area contributed by atoms with E-state index in [1.165, 1.54) is 32.1 Å². The molecule has 0 aromatic carbocycles. The number of hydrogen-bond donors (Lipinski definition) is 0. The lowest BCUT2D eigenvalue weighted by Crippen LogP contribution is -2.57. The van der Waals surface area contributed by atoms with Crippen LogP contribution in [0, 0.1) is 34.5 Å². The smallest absolute Gasteiger partial charge is 0.168 e. The summed E-state index contributed by atoms with van der Waals surface area (Å²) >= 11 is 0. The Morgan fingerprint density at radius 2 is 1.80 bits per heavy atom. The van der Waals surface area contributed by atoms with E-state index >= 15 is 0 Å². The van der Waals surface area contributed by atoms with E-state index in [2.05, 4.69) is 13.8 Å². The second-order valence-electron chi connectivity index (χ2n) is 9.97. The van der Waals surface area contributed by atoms with Gasteiger partial charge < -0.3 is 9.47 Å². The molecule has 1 aliphatic heterocycles. The summed E-state index contributed by atoms with van der Waals surface area (Å²) in [6.45, 7) is 6.28. The number of carbonyl (C=O) groups is 1. The average Bonchev–Trinajstić information content (AvgIpc) is 3.19. The largest absolute Gasteiger partial charge is 0.348 e. The van der Waals surface area contributed by atoms with E-state index in [0.717, 1.165) is 63.1 Å². The van der Waals surface area contributed by atoms with Gasteiger partial charge in [0.15, 0.2) is 5.79 Å². The van der Waals surface area contributed by atoms with Gasteiger partial charge in [0.1, 0.15) is 5.78 Å². The minimum Gasteiger partial charge on any atom is -0.348 e. The SMILES string of the molecule is CC[C@]12CCC3(C[C@@H]1CC[C@@H]1[C@@H]2CC[C@]2(C)C(=O)CC[C@@H]12)OCCO3. The lowest BCUT2D eigenvalue weighted by Gasteiger charge is -2.62. The zero-order valence-electron chi connectivity index (χ0n) is 16.0. The normalized spacial score (nSPS) is 51.2. The molecule has 0 aromatic heterocycles. The molecule has 0 unspecified atom stereocenters. The molecule has 1 saturated heterocycles. The van der Waals surface area contributed by atoms with Crippen LogP contribution < -0.4 is 0 Å². The maximum atomic E-state index is 12.6. The third kappa shape index (κ3) is 2.15. The summed E-state index contributed by atoms with van der Waals surface area (Å²) in [6, 6.07) is 0. The highest BCUT2D eigenvalue weighted by atomic mass is 16.7. The van der Waals surface area contributed by atoms with Crippen molar-refractivity contribution in [3.63, 3.8) is 0 Å². The lowest BCUT2D eigenvalue weighted by atomic mass is 9.43. The highest BCUT2D eigenvalue weighted by Crippen LogP contribution is 2.67. The van der Waals surface area contributed by atoms with E-state index in [9.17, 15) is 4.79 Å². The van der Waals surface area contributed by atoms with Crippen LogP contribution in [0.15, 0.2) is 0 Å². The van der Waals surface area contributed by atoms with Crippen molar-refractivity contribution in [2.24, 2.45) is 34.5 Å². The van der Waals surface area contributed by atoms with E-state index in [-0.39, 0.29) is 11.2 Å². The number of Topliss-reactive ketones (excluding diaryl/α,β-unsaturated/α-hetero) is 1. The fourth-order valence-corrected chi connectivity index (χ4v) is 8.24. The van der Waals surface area contributed by atoms with Gasteiger partial charge in [-0.25, -0.2) is 0 Å². The number of carbonyl (C=O) groups excluding carboxylic acids is 1. The fraction of sp³-hybridized carbons (Fsp3) is 0.955. The monoisotopic (exact) mass is 346 g/mol. The molecule has 0 amide bonds. The fourth-order valence-electron chi connectivity index (χ4n) is 8.24. The van der Waals surface area contributed by atoms with Crippen LogP contribution in [-0.4, -0.2) is 24.8 Å². The number of ketones is 1. The molecule has 5 aliphatic rings. The number of fused-ring (bicyclic) bond motifs is 5. The van der Waals surface area contributed by atoms with Gasteiger partial charge >= 0.3 is 0 Å². The van der Waals surface area contributed by atoms with E-state index in [4.69, 9.17) is 9.47 Å². The van der Waals surface area contributed by atoms with Crippen LogP contribution in [0.5, 0.6) is 0 Å². The van der Waals surface area contributed by atoms with Crippen LogP contribution in [0.4, 0.5) is 0 Å². The van der Waals surface area contributed by atoms with Gasteiger partial charge in [-0.05, 0) is 74.0 Å². The van der Waals surface area contributed by atoms with Crippen LogP contribution in [0.2, 0.25) is 0 Å². The molecule has 4 aliphatic carbocycles. The molecular formula is C22H34O3. The summed E-state index contributed by atoms with van der Waals surface area (Å²) in [5, 5.41) is 0. The summed E-state index contributed by atoms with van der Waals surface area (Å²) in [4.78, 5) is 12.6. The molecule has 5 rings (SSSR count). The molecular weight excluding hydrogens is 312 g/mol. The van der Waals surface area contributed by atoms with Gasteiger partial charge in [0.25, 0.3) is 0 Å². The van der Waals surface area contributed by atoms with Gasteiger partial charge in [-0.1, -0.05) is 13.8 Å². The Balaban J connectivity index is 1.45. The van der Waals surface area contributed by atoms with Crippen LogP contribution in [0.25, 0.3) is 0 Å². The third-order valence-corrected chi connectivity index (χ3v) is 9.55. The van der Waals surface area contributed by atoms with Crippen molar-refractivity contribution in [2.45, 2.75) is 83.8 Å². The van der Waals surface area contributed by atoms with Crippen molar-refractivity contribution < 1.29 is 14.3 Å². The number of ether oxygens (including phenoxy) is 2. The van der Waals surface area contributed by atoms with Crippen molar-refractivity contribution >= 4 is 5.78 Å². The van der Waals surface area contributed by atoms with Crippen molar-refractivity contribution in [3.8, 4) is 0 Å². The predicted molar refractivity (Wildman–Crippen MR) is 96.0 cm³/mol. The lowest BCUT2D eigenvalue weighted by molar-refractivity contribution is -0.232. The van der Waals surface area contributed by atoms with Crippen molar-refractivity contribution in [2.75, 3.05) is 13.2 Å². The van der Waals surface area contributed by atoms with Gasteiger partial charge in [0.2, 0.25) is 0 Å². The highest BCUT2D eigenvalue weighted by molar-refractivity contribution is 5.87. The van der Waals surface area contributed by atoms with Crippen LogP contribution in [-0.2, 0) is 14.3 Å². The first-order valence-electron chi connectivity index (χ1n) is 10.8. The molecule has 0 N–H and O–H groups in total. The summed E-state index contributed by atoms with van der Waals surface area (Å²) < 4.78 is 12.2.